The van der Waals surface area contributed by atoms with E-state index < -0.39 is 0 Å². The van der Waals surface area contributed by atoms with Crippen LogP contribution < -0.4 is 10.2 Å². The molecule has 5 nitrogen and oxygen atoms in total. The van der Waals surface area contributed by atoms with E-state index in [2.05, 4.69) is 42.4 Å². The Morgan fingerprint density at radius 3 is 2.73 bits per heavy atom. The van der Waals surface area contributed by atoms with Crippen LogP contribution in [0.1, 0.15) is 5.56 Å². The highest BCUT2D eigenvalue weighted by molar-refractivity contribution is 9.11. The number of amides is 1. The van der Waals surface area contributed by atoms with E-state index in [4.69, 9.17) is 4.74 Å². The fourth-order valence-corrected chi connectivity index (χ4v) is 3.42. The summed E-state index contributed by atoms with van der Waals surface area (Å²) in [5.41, 5.74) is 3.03. The molecule has 26 heavy (non-hydrogen) atoms. The van der Waals surface area contributed by atoms with Crippen molar-refractivity contribution in [3.63, 3.8) is 0 Å². The van der Waals surface area contributed by atoms with Gasteiger partial charge in [-0.15, -0.1) is 0 Å². The number of fused-ring (bicyclic) bond motifs is 1. The number of halogens is 2. The Bertz CT molecular complexity index is 984. The maximum atomic E-state index is 11.9. The molecule has 132 valence electrons. The Hall–Kier alpha value is -2.38. The number of hydrogen-bond donors (Lipinski definition) is 2. The van der Waals surface area contributed by atoms with E-state index in [1.54, 1.807) is 6.07 Å². The molecule has 1 amide bonds. The van der Waals surface area contributed by atoms with Crippen LogP contribution in [0.15, 0.2) is 68.6 Å². The summed E-state index contributed by atoms with van der Waals surface area (Å²) in [4.78, 5) is 11.9. The first-order chi connectivity index (χ1) is 12.5. The minimum atomic E-state index is -0.383. The first kappa shape index (κ1) is 18.4. The van der Waals surface area contributed by atoms with Crippen molar-refractivity contribution in [3.8, 4) is 11.5 Å². The van der Waals surface area contributed by atoms with Gasteiger partial charge in [-0.25, -0.2) is 5.43 Å². The number of phenolic OH excluding ortho intramolecular Hbond substituents is 1. The van der Waals surface area contributed by atoms with Crippen LogP contribution in [0.25, 0.3) is 10.8 Å². The van der Waals surface area contributed by atoms with Crippen molar-refractivity contribution in [1.82, 2.24) is 5.43 Å². The second kappa shape index (κ2) is 8.33. The van der Waals surface area contributed by atoms with Crippen LogP contribution in [-0.4, -0.2) is 23.8 Å². The van der Waals surface area contributed by atoms with Crippen LogP contribution in [0.4, 0.5) is 0 Å². The molecule has 0 heterocycles. The summed E-state index contributed by atoms with van der Waals surface area (Å²) >= 11 is 6.58. The van der Waals surface area contributed by atoms with Crippen LogP contribution in [0.5, 0.6) is 11.5 Å². The van der Waals surface area contributed by atoms with E-state index in [1.807, 2.05) is 42.5 Å². The summed E-state index contributed by atoms with van der Waals surface area (Å²) in [6.07, 6.45) is 1.44. The molecule has 0 bridgehead atoms. The van der Waals surface area contributed by atoms with Gasteiger partial charge >= 0.3 is 0 Å². The summed E-state index contributed by atoms with van der Waals surface area (Å²) in [6.45, 7) is -0.155. The summed E-state index contributed by atoms with van der Waals surface area (Å²) in [7, 11) is 0. The molecule has 7 heteroatoms. The van der Waals surface area contributed by atoms with Crippen molar-refractivity contribution >= 4 is 54.8 Å². The molecule has 0 aromatic heterocycles. The van der Waals surface area contributed by atoms with E-state index in [-0.39, 0.29) is 18.3 Å². The molecule has 3 rings (SSSR count). The highest BCUT2D eigenvalue weighted by Gasteiger charge is 2.06. The zero-order chi connectivity index (χ0) is 18.5. The van der Waals surface area contributed by atoms with Crippen molar-refractivity contribution < 1.29 is 14.6 Å². The molecule has 0 unspecified atom stereocenters. The second-order valence-corrected chi connectivity index (χ2v) is 7.09. The molecular formula is C19H14Br2N2O3. The van der Waals surface area contributed by atoms with Gasteiger partial charge in [0.1, 0.15) is 11.5 Å². The second-order valence-electron chi connectivity index (χ2n) is 5.38. The van der Waals surface area contributed by atoms with Gasteiger partial charge in [0.05, 0.1) is 10.7 Å². The molecule has 3 aromatic rings. The fraction of sp³-hybridized carbons (Fsp3) is 0.0526. The normalized spacial score (nSPS) is 11.0. The van der Waals surface area contributed by atoms with Crippen molar-refractivity contribution in [2.24, 2.45) is 5.10 Å². The molecule has 0 aliphatic carbocycles. The van der Waals surface area contributed by atoms with E-state index in [1.165, 1.54) is 12.3 Å². The zero-order valence-corrected chi connectivity index (χ0v) is 16.6. The van der Waals surface area contributed by atoms with E-state index in [0.717, 1.165) is 15.2 Å². The minimum absolute atomic E-state index is 0.0836. The third-order valence-corrected chi connectivity index (χ3v) is 4.89. The van der Waals surface area contributed by atoms with Crippen molar-refractivity contribution in [1.29, 1.82) is 0 Å². The van der Waals surface area contributed by atoms with Gasteiger partial charge in [-0.1, -0.05) is 52.3 Å². The first-order valence-corrected chi connectivity index (χ1v) is 9.23. The number of nitrogens with one attached hydrogen (secondary N) is 1. The third-order valence-electron chi connectivity index (χ3n) is 3.57. The predicted molar refractivity (Wildman–Crippen MR) is 109 cm³/mol. The van der Waals surface area contributed by atoms with Crippen LogP contribution in [0, 0.1) is 0 Å². The summed E-state index contributed by atoms with van der Waals surface area (Å²) in [6, 6.07) is 16.7. The quantitative estimate of drug-likeness (QED) is 0.416. The first-order valence-electron chi connectivity index (χ1n) is 7.65. The largest absolute Gasteiger partial charge is 0.507 e. The molecule has 0 aliphatic heterocycles. The molecule has 2 N–H and O–H groups in total. The van der Waals surface area contributed by atoms with Crippen LogP contribution in [-0.2, 0) is 4.79 Å². The number of hydrogen-bond acceptors (Lipinski definition) is 4. The van der Waals surface area contributed by atoms with Gasteiger partial charge in [-0.2, -0.15) is 5.10 Å². The molecule has 0 saturated carbocycles. The smallest absolute Gasteiger partial charge is 0.277 e. The summed E-state index contributed by atoms with van der Waals surface area (Å²) < 4.78 is 6.89. The SMILES string of the molecule is O=C(COc1cccc2ccccc12)NN=Cc1cc(O)c(Br)cc1Br. The lowest BCUT2D eigenvalue weighted by atomic mass is 10.1. The van der Waals surface area contributed by atoms with Crippen molar-refractivity contribution in [3.05, 3.63) is 69.1 Å². The number of aromatic hydroxyl groups is 1. The molecule has 0 spiro atoms. The van der Waals surface area contributed by atoms with Crippen LogP contribution in [0.3, 0.4) is 0 Å². The lowest BCUT2D eigenvalue weighted by molar-refractivity contribution is -0.123. The fourth-order valence-electron chi connectivity index (χ4n) is 2.32. The van der Waals surface area contributed by atoms with E-state index in [9.17, 15) is 9.90 Å². The number of carbonyl (C=O) groups is 1. The van der Waals surface area contributed by atoms with Crippen molar-refractivity contribution in [2.75, 3.05) is 6.61 Å². The van der Waals surface area contributed by atoms with Crippen LogP contribution in [0.2, 0.25) is 0 Å². The highest BCUT2D eigenvalue weighted by Crippen LogP contribution is 2.29. The third kappa shape index (κ3) is 4.42. The molecule has 0 atom stereocenters. The zero-order valence-electron chi connectivity index (χ0n) is 13.4. The molecule has 0 radical (unpaired) electrons. The summed E-state index contributed by atoms with van der Waals surface area (Å²) in [5.74, 6) is 0.342. The minimum Gasteiger partial charge on any atom is -0.507 e. The van der Waals surface area contributed by atoms with Gasteiger partial charge in [-0.05, 0) is 39.5 Å². The lowest BCUT2D eigenvalue weighted by Gasteiger charge is -2.08. The standard InChI is InChI=1S/C19H14Br2N2O3/c20-15-9-16(21)17(24)8-13(15)10-22-23-19(25)11-26-18-7-3-5-12-4-1-2-6-14(12)18/h1-10,24H,11H2,(H,23,25). The monoisotopic (exact) mass is 476 g/mol. The molecule has 0 fully saturated rings. The number of phenols is 1. The number of ether oxygens (including phenoxy) is 1. The summed E-state index contributed by atoms with van der Waals surface area (Å²) in [5, 5.41) is 15.6. The average molecular weight is 478 g/mol. The number of rotatable bonds is 5. The van der Waals surface area contributed by atoms with E-state index in [0.29, 0.717) is 15.8 Å². The van der Waals surface area contributed by atoms with E-state index >= 15 is 0 Å². The predicted octanol–water partition coefficient (Wildman–Crippen LogP) is 4.60. The van der Waals surface area contributed by atoms with Gasteiger partial charge in [0.2, 0.25) is 0 Å². The molecule has 3 aromatic carbocycles. The van der Waals surface area contributed by atoms with Gasteiger partial charge in [0, 0.05) is 15.4 Å². The molecular weight excluding hydrogens is 464 g/mol. The Balaban J connectivity index is 1.60. The number of benzene rings is 3. The lowest BCUT2D eigenvalue weighted by Crippen LogP contribution is -2.24. The van der Waals surface area contributed by atoms with Gasteiger partial charge in [0.15, 0.2) is 6.61 Å². The Morgan fingerprint density at radius 1 is 1.12 bits per heavy atom. The highest BCUT2D eigenvalue weighted by atomic mass is 79.9. The maximum Gasteiger partial charge on any atom is 0.277 e. The number of hydrazone groups is 1. The van der Waals surface area contributed by atoms with Gasteiger partial charge in [-0.3, -0.25) is 4.79 Å². The van der Waals surface area contributed by atoms with Gasteiger partial charge in [0.25, 0.3) is 5.91 Å². The maximum absolute atomic E-state index is 11.9. The molecule has 0 aliphatic rings. The Labute approximate surface area is 166 Å². The number of carbonyl (C=O) groups excluding carboxylic acids is 1. The van der Waals surface area contributed by atoms with Crippen LogP contribution >= 0.6 is 31.9 Å². The van der Waals surface area contributed by atoms with Crippen molar-refractivity contribution in [2.45, 2.75) is 0 Å². The topological polar surface area (TPSA) is 70.9 Å². The average Bonchev–Trinajstić information content (AvgIpc) is 2.64. The Morgan fingerprint density at radius 2 is 1.88 bits per heavy atom. The Kier molecular flexibility index (Phi) is 5.90. The number of nitrogens with zero attached hydrogens (tertiary/aromatic N) is 1. The molecule has 0 saturated heterocycles. The van der Waals surface area contributed by atoms with Gasteiger partial charge < -0.3 is 9.84 Å².